The topological polar surface area (TPSA) is 6.48 Å². The maximum atomic E-state index is 2.47. The fraction of sp³-hybridized carbons (Fsp3) is 0.0690. The second-order valence-electron chi connectivity index (χ2n) is 16.9. The van der Waals surface area contributed by atoms with E-state index in [0.29, 0.717) is 0 Å². The van der Waals surface area contributed by atoms with Crippen molar-refractivity contribution < 1.29 is 0 Å². The summed E-state index contributed by atoms with van der Waals surface area (Å²) >= 11 is 0. The first-order chi connectivity index (χ1) is 29.5. The highest BCUT2D eigenvalue weighted by molar-refractivity contribution is 5.98. The zero-order valence-corrected chi connectivity index (χ0v) is 33.7. The van der Waals surface area contributed by atoms with Crippen molar-refractivity contribution in [3.8, 4) is 33.4 Å². The molecule has 2 nitrogen and oxygen atoms in total. The smallest absolute Gasteiger partial charge is 0.0726 e. The molecule has 284 valence electrons. The van der Waals surface area contributed by atoms with E-state index < -0.39 is 5.41 Å². The summed E-state index contributed by atoms with van der Waals surface area (Å²) in [4.78, 5) is 4.83. The molecule has 9 aromatic carbocycles. The predicted octanol–water partition coefficient (Wildman–Crippen LogP) is 15.3. The van der Waals surface area contributed by atoms with E-state index in [1.165, 1.54) is 66.8 Å². The van der Waals surface area contributed by atoms with E-state index in [2.05, 4.69) is 242 Å². The van der Waals surface area contributed by atoms with Crippen molar-refractivity contribution in [2.75, 3.05) is 9.80 Å². The molecular formula is C58H42N2. The summed E-state index contributed by atoms with van der Waals surface area (Å²) in [5.74, 6) is 0. The number of hydrogen-bond donors (Lipinski definition) is 0. The predicted molar refractivity (Wildman–Crippen MR) is 250 cm³/mol. The highest BCUT2D eigenvalue weighted by Crippen LogP contribution is 2.64. The van der Waals surface area contributed by atoms with Crippen molar-refractivity contribution in [3.63, 3.8) is 0 Å². The summed E-state index contributed by atoms with van der Waals surface area (Å²) in [6.07, 6.45) is 0. The monoisotopic (exact) mass is 766 g/mol. The van der Waals surface area contributed by atoms with Gasteiger partial charge in [-0.25, -0.2) is 0 Å². The third-order valence-corrected chi connectivity index (χ3v) is 13.4. The molecule has 3 aliphatic rings. The van der Waals surface area contributed by atoms with Gasteiger partial charge < -0.3 is 9.80 Å². The summed E-state index contributed by atoms with van der Waals surface area (Å²) in [7, 11) is 0. The van der Waals surface area contributed by atoms with Gasteiger partial charge in [-0.3, -0.25) is 0 Å². The van der Waals surface area contributed by atoms with E-state index in [0.717, 1.165) is 34.1 Å². The average Bonchev–Trinajstić information content (AvgIpc) is 3.86. The van der Waals surface area contributed by atoms with Crippen LogP contribution in [-0.2, 0) is 10.8 Å². The van der Waals surface area contributed by atoms with Crippen LogP contribution < -0.4 is 9.80 Å². The minimum absolute atomic E-state index is 0.105. The number of nitrogens with zero attached hydrogens (tertiary/aromatic N) is 2. The van der Waals surface area contributed by atoms with Crippen LogP contribution in [-0.4, -0.2) is 0 Å². The van der Waals surface area contributed by atoms with Crippen LogP contribution in [0.1, 0.15) is 47.2 Å². The Morgan fingerprint density at radius 3 is 1.15 bits per heavy atom. The average molecular weight is 767 g/mol. The van der Waals surface area contributed by atoms with Crippen molar-refractivity contribution in [1.82, 2.24) is 0 Å². The lowest BCUT2D eigenvalue weighted by molar-refractivity contribution is 0.660. The highest BCUT2D eigenvalue weighted by atomic mass is 15.1. The number of fused-ring (bicyclic) bond motifs is 13. The first-order valence-electron chi connectivity index (χ1n) is 21.0. The summed E-state index contributed by atoms with van der Waals surface area (Å²) in [5.41, 5.74) is 22.1. The molecule has 0 heterocycles. The minimum atomic E-state index is -0.494. The third kappa shape index (κ3) is 4.82. The summed E-state index contributed by atoms with van der Waals surface area (Å²) < 4.78 is 0. The van der Waals surface area contributed by atoms with Gasteiger partial charge in [-0.1, -0.05) is 159 Å². The Hall–Kier alpha value is -7.42. The van der Waals surface area contributed by atoms with Gasteiger partial charge in [0.05, 0.1) is 5.41 Å². The zero-order chi connectivity index (χ0) is 40.0. The van der Waals surface area contributed by atoms with Gasteiger partial charge in [0, 0.05) is 39.5 Å². The van der Waals surface area contributed by atoms with Crippen molar-refractivity contribution >= 4 is 34.1 Å². The summed E-state index contributed by atoms with van der Waals surface area (Å²) in [5, 5.41) is 0. The Labute approximate surface area is 352 Å². The van der Waals surface area contributed by atoms with Crippen LogP contribution >= 0.6 is 0 Å². The lowest BCUT2D eigenvalue weighted by Gasteiger charge is -2.32. The number of para-hydroxylation sites is 3. The van der Waals surface area contributed by atoms with E-state index in [-0.39, 0.29) is 5.41 Å². The number of hydrogen-bond acceptors (Lipinski definition) is 2. The van der Waals surface area contributed by atoms with Crippen LogP contribution in [0.3, 0.4) is 0 Å². The Morgan fingerprint density at radius 1 is 0.250 bits per heavy atom. The summed E-state index contributed by atoms with van der Waals surface area (Å²) in [6, 6.07) is 80.9. The van der Waals surface area contributed by atoms with Crippen LogP contribution in [0.4, 0.5) is 34.1 Å². The molecule has 3 aliphatic carbocycles. The zero-order valence-electron chi connectivity index (χ0n) is 33.7. The first-order valence-corrected chi connectivity index (χ1v) is 21.0. The molecule has 0 aromatic heterocycles. The molecule has 2 heteroatoms. The second-order valence-corrected chi connectivity index (χ2v) is 16.9. The fourth-order valence-corrected chi connectivity index (χ4v) is 10.9. The molecule has 0 saturated heterocycles. The van der Waals surface area contributed by atoms with Gasteiger partial charge in [0.15, 0.2) is 0 Å². The van der Waals surface area contributed by atoms with E-state index in [1.807, 2.05) is 0 Å². The van der Waals surface area contributed by atoms with Gasteiger partial charge in [-0.05, 0) is 140 Å². The van der Waals surface area contributed by atoms with Gasteiger partial charge in [0.2, 0.25) is 0 Å². The molecule has 1 unspecified atom stereocenters. The molecule has 9 aromatic rings. The quantitative estimate of drug-likeness (QED) is 0.166. The molecule has 0 N–H and O–H groups in total. The van der Waals surface area contributed by atoms with E-state index in [9.17, 15) is 0 Å². The van der Waals surface area contributed by atoms with Gasteiger partial charge >= 0.3 is 0 Å². The van der Waals surface area contributed by atoms with Gasteiger partial charge in [0.25, 0.3) is 0 Å². The van der Waals surface area contributed by atoms with Gasteiger partial charge in [0.1, 0.15) is 0 Å². The molecule has 12 rings (SSSR count). The number of anilines is 6. The lowest BCUT2D eigenvalue weighted by Crippen LogP contribution is -2.26. The molecule has 60 heavy (non-hydrogen) atoms. The molecule has 0 aliphatic heterocycles. The van der Waals surface area contributed by atoms with Crippen LogP contribution in [0.15, 0.2) is 218 Å². The molecule has 0 saturated carbocycles. The van der Waals surface area contributed by atoms with Crippen LogP contribution in [0, 0.1) is 0 Å². The molecule has 0 fully saturated rings. The number of rotatable bonds is 6. The van der Waals surface area contributed by atoms with Crippen molar-refractivity contribution in [3.05, 3.63) is 252 Å². The molecule has 0 radical (unpaired) electrons. The Balaban J connectivity index is 1.07. The second kappa shape index (κ2) is 13.0. The van der Waals surface area contributed by atoms with Crippen LogP contribution in [0.5, 0.6) is 0 Å². The maximum absolute atomic E-state index is 2.47. The first kappa shape index (κ1) is 34.6. The fourth-order valence-electron chi connectivity index (χ4n) is 10.9. The van der Waals surface area contributed by atoms with E-state index >= 15 is 0 Å². The Bertz CT molecular complexity index is 3090. The third-order valence-electron chi connectivity index (χ3n) is 13.4. The van der Waals surface area contributed by atoms with E-state index in [1.54, 1.807) is 0 Å². The summed E-state index contributed by atoms with van der Waals surface area (Å²) in [6.45, 7) is 4.73. The van der Waals surface area contributed by atoms with Gasteiger partial charge in [-0.2, -0.15) is 0 Å². The van der Waals surface area contributed by atoms with Gasteiger partial charge in [-0.15, -0.1) is 0 Å². The van der Waals surface area contributed by atoms with Crippen LogP contribution in [0.25, 0.3) is 33.4 Å². The standard InChI is InChI=1S/C58H42N2/c1-57(2)51-27-15-12-24-45(51)48-33-30-43(37-55(48)57)60(41-22-10-5-11-23-41)42-32-35-54-50(36-42)47-26-14-17-29-53(47)58(54)52-28-16-13-25-46(52)49-34-31-44(38-56(49)58)59(39-18-6-3-7-19-39)40-20-8-4-9-21-40/h3-38H,1-2H3. The van der Waals surface area contributed by atoms with Crippen LogP contribution in [0.2, 0.25) is 0 Å². The normalized spacial score (nSPS) is 15.7. The number of benzene rings is 9. The Morgan fingerprint density at radius 2 is 0.600 bits per heavy atom. The lowest BCUT2D eigenvalue weighted by atomic mass is 9.70. The maximum Gasteiger partial charge on any atom is 0.0726 e. The van der Waals surface area contributed by atoms with Crippen molar-refractivity contribution in [1.29, 1.82) is 0 Å². The minimum Gasteiger partial charge on any atom is -0.310 e. The molecule has 0 amide bonds. The highest BCUT2D eigenvalue weighted by Gasteiger charge is 2.52. The molecular weight excluding hydrogens is 725 g/mol. The molecule has 1 spiro atoms. The van der Waals surface area contributed by atoms with E-state index in [4.69, 9.17) is 0 Å². The molecule has 0 bridgehead atoms. The Kier molecular flexibility index (Phi) is 7.52. The largest absolute Gasteiger partial charge is 0.310 e. The van der Waals surface area contributed by atoms with Crippen molar-refractivity contribution in [2.24, 2.45) is 0 Å². The molecule has 1 atom stereocenters. The SMILES string of the molecule is CC1(C)c2ccccc2-c2ccc(N(c3ccccc3)c3ccc4c(c3)-c3ccccc3C43c4ccccc4-c4ccc(N(c5ccccc5)c5ccccc5)cc43)cc21. The van der Waals surface area contributed by atoms with Crippen molar-refractivity contribution in [2.45, 2.75) is 24.7 Å².